The van der Waals surface area contributed by atoms with Crippen LogP contribution in [0.25, 0.3) is 0 Å². The van der Waals surface area contributed by atoms with Crippen molar-refractivity contribution in [2.75, 3.05) is 11.5 Å². The van der Waals surface area contributed by atoms with Gasteiger partial charge in [-0.05, 0) is 80.0 Å². The van der Waals surface area contributed by atoms with E-state index >= 15 is 0 Å². The number of nitrogens with zero attached hydrogens (tertiary/aromatic N) is 1. The van der Waals surface area contributed by atoms with E-state index in [1.165, 1.54) is 13.8 Å². The van der Waals surface area contributed by atoms with Gasteiger partial charge in [0.1, 0.15) is 33.4 Å². The topological polar surface area (TPSA) is 159 Å². The van der Waals surface area contributed by atoms with Gasteiger partial charge in [-0.1, -0.05) is 51.5 Å². The Balaban J connectivity index is 1.39. The molecule has 3 aliphatic rings. The van der Waals surface area contributed by atoms with Gasteiger partial charge in [0.05, 0.1) is 11.5 Å². The summed E-state index contributed by atoms with van der Waals surface area (Å²) in [5.41, 5.74) is -1.26. The lowest BCUT2D eigenvalue weighted by Crippen LogP contribution is -2.63. The van der Waals surface area contributed by atoms with Crippen LogP contribution >= 0.6 is 0 Å². The number of hydrogen-bond donors (Lipinski definition) is 1. The van der Waals surface area contributed by atoms with E-state index in [2.05, 4.69) is 0 Å². The molecule has 0 spiro atoms. The first-order valence-electron chi connectivity index (χ1n) is 18.3. The SMILES string of the molecule is CC(=O)Oc1ccc2c(c1)C[C@H](CCCCCCCCCS(=O)(=O)CCCC(F)(F)C(F)(F)F)[C@H]1[C@@H]3CC[C@H](OC(C)=O)[C@@]3(C)C[C@H](O[N+](=O)[O-])[C@]21O. The molecule has 0 heterocycles. The Kier molecular flexibility index (Phi) is 13.5. The van der Waals surface area contributed by atoms with Crippen LogP contribution in [-0.4, -0.2) is 66.4 Å². The first-order chi connectivity index (χ1) is 24.6. The number of halogens is 5. The molecule has 0 bridgehead atoms. The summed E-state index contributed by atoms with van der Waals surface area (Å²) in [6, 6.07) is 4.88. The summed E-state index contributed by atoms with van der Waals surface area (Å²) in [5, 5.41) is 23.7. The van der Waals surface area contributed by atoms with Gasteiger partial charge in [-0.15, -0.1) is 10.1 Å². The van der Waals surface area contributed by atoms with Gasteiger partial charge in [-0.25, -0.2) is 8.42 Å². The number of alkyl halides is 5. The number of carbonyl (C=O) groups is 2. The molecule has 53 heavy (non-hydrogen) atoms. The van der Waals surface area contributed by atoms with E-state index in [-0.39, 0.29) is 36.2 Å². The predicted molar refractivity (Wildman–Crippen MR) is 181 cm³/mol. The van der Waals surface area contributed by atoms with E-state index in [1.54, 1.807) is 18.2 Å². The second-order valence-corrected chi connectivity index (χ2v) is 17.6. The lowest BCUT2D eigenvalue weighted by molar-refractivity contribution is -0.775. The van der Waals surface area contributed by atoms with Crippen LogP contribution in [0.5, 0.6) is 5.75 Å². The van der Waals surface area contributed by atoms with Crippen LogP contribution in [0.2, 0.25) is 0 Å². The first-order valence-corrected chi connectivity index (χ1v) is 20.1. The number of hydrogen-bond acceptors (Lipinski definition) is 10. The molecule has 0 amide bonds. The molecule has 1 aromatic rings. The Hall–Kier alpha value is -3.08. The number of esters is 2. The lowest BCUT2D eigenvalue weighted by Gasteiger charge is -2.59. The number of fused-ring (bicyclic) bond motifs is 5. The highest BCUT2D eigenvalue weighted by Crippen LogP contribution is 2.65. The maximum Gasteiger partial charge on any atom is 0.453 e. The molecule has 17 heteroatoms. The molecule has 4 rings (SSSR count). The fraction of sp³-hybridized carbons (Fsp3) is 0.778. The normalized spacial score (nSPS) is 28.4. The van der Waals surface area contributed by atoms with Crippen LogP contribution in [0.3, 0.4) is 0 Å². The monoisotopic (exact) mass is 783 g/mol. The Morgan fingerprint density at radius 1 is 0.943 bits per heavy atom. The molecular formula is C36H50F5NO10S. The summed E-state index contributed by atoms with van der Waals surface area (Å²) in [7, 11) is -3.76. The maximum atomic E-state index is 13.1. The molecular weight excluding hydrogens is 733 g/mol. The van der Waals surface area contributed by atoms with Gasteiger partial charge < -0.3 is 19.4 Å². The van der Waals surface area contributed by atoms with Crippen LogP contribution < -0.4 is 4.74 Å². The van der Waals surface area contributed by atoms with Crippen LogP contribution in [0.4, 0.5) is 22.0 Å². The zero-order valence-electron chi connectivity index (χ0n) is 30.3. The molecule has 0 aromatic heterocycles. The van der Waals surface area contributed by atoms with Gasteiger partial charge >= 0.3 is 24.0 Å². The van der Waals surface area contributed by atoms with E-state index in [4.69, 9.17) is 14.3 Å². The number of sulfone groups is 1. The molecule has 300 valence electrons. The van der Waals surface area contributed by atoms with Crippen LogP contribution in [0.1, 0.15) is 115 Å². The summed E-state index contributed by atoms with van der Waals surface area (Å²) in [6.07, 6.45) is -2.69. The van der Waals surface area contributed by atoms with Crippen LogP contribution in [0, 0.1) is 33.3 Å². The summed E-state index contributed by atoms with van der Waals surface area (Å²) in [5.74, 6) is -7.39. The standard InChI is InChI=1S/C36H50F5NO10S/c1-23(43)50-27-13-14-28-26(21-27)20-25(12-9-7-5-4-6-8-10-18-53(48,49)19-11-17-34(37,38)36(39,40)41)32-29-15-16-30(51-24(2)44)33(29,3)22-31(35(28,32)45)52-42(46)47/h13-14,21,25,29-32,45H,4-12,15-20,22H2,1-3H3/t25-,29-,30-,31-,32-,33-,35+/m0/s1. The zero-order valence-corrected chi connectivity index (χ0v) is 31.1. The minimum atomic E-state index is -5.71. The summed E-state index contributed by atoms with van der Waals surface area (Å²) < 4.78 is 98.5. The van der Waals surface area contributed by atoms with Crippen molar-refractivity contribution in [1.29, 1.82) is 0 Å². The molecule has 0 saturated heterocycles. The van der Waals surface area contributed by atoms with Gasteiger partial charge in [0.15, 0.2) is 0 Å². The average Bonchev–Trinajstić information content (AvgIpc) is 3.32. The van der Waals surface area contributed by atoms with E-state index in [0.29, 0.717) is 49.7 Å². The van der Waals surface area contributed by atoms with Crippen molar-refractivity contribution in [2.24, 2.45) is 23.2 Å². The third kappa shape index (κ3) is 9.97. The Morgan fingerprint density at radius 2 is 1.57 bits per heavy atom. The van der Waals surface area contributed by atoms with Gasteiger partial charge in [0.2, 0.25) is 0 Å². The quantitative estimate of drug-likeness (QED) is 0.0396. The molecule has 1 N–H and O–H groups in total. The highest BCUT2D eigenvalue weighted by Gasteiger charge is 2.67. The number of unbranched alkanes of at least 4 members (excludes halogenated alkanes) is 6. The van der Waals surface area contributed by atoms with Crippen molar-refractivity contribution in [3.8, 4) is 5.75 Å². The third-order valence-electron chi connectivity index (χ3n) is 11.6. The van der Waals surface area contributed by atoms with E-state index in [1.807, 2.05) is 6.92 Å². The highest BCUT2D eigenvalue weighted by molar-refractivity contribution is 7.91. The molecule has 0 aliphatic heterocycles. The maximum absolute atomic E-state index is 13.1. The van der Waals surface area contributed by atoms with E-state index in [9.17, 15) is 55.2 Å². The Bertz CT molecular complexity index is 1590. The molecule has 7 atom stereocenters. The smallest absolute Gasteiger partial charge is 0.453 e. The van der Waals surface area contributed by atoms with Gasteiger partial charge in [0.25, 0.3) is 5.09 Å². The molecule has 2 fully saturated rings. The van der Waals surface area contributed by atoms with Crippen LogP contribution in [0.15, 0.2) is 18.2 Å². The fourth-order valence-electron chi connectivity index (χ4n) is 9.25. The molecule has 0 radical (unpaired) electrons. The predicted octanol–water partition coefficient (Wildman–Crippen LogP) is 7.43. The summed E-state index contributed by atoms with van der Waals surface area (Å²) in [4.78, 5) is 40.9. The van der Waals surface area contributed by atoms with Gasteiger partial charge in [-0.3, -0.25) is 9.59 Å². The number of aliphatic hydroxyl groups is 1. The van der Waals surface area contributed by atoms with Crippen molar-refractivity contribution < 1.29 is 64.5 Å². The van der Waals surface area contributed by atoms with E-state index in [0.717, 1.165) is 25.7 Å². The van der Waals surface area contributed by atoms with Crippen molar-refractivity contribution in [3.63, 3.8) is 0 Å². The van der Waals surface area contributed by atoms with Gasteiger partial charge in [0, 0.05) is 31.6 Å². The average molecular weight is 784 g/mol. The van der Waals surface area contributed by atoms with Crippen molar-refractivity contribution in [1.82, 2.24) is 0 Å². The zero-order chi connectivity index (χ0) is 39.4. The van der Waals surface area contributed by atoms with Crippen molar-refractivity contribution in [3.05, 3.63) is 39.4 Å². The number of carbonyl (C=O) groups excluding carboxylic acids is 2. The minimum Gasteiger partial charge on any atom is -0.462 e. The lowest BCUT2D eigenvalue weighted by atomic mass is 9.49. The number of rotatable bonds is 18. The van der Waals surface area contributed by atoms with E-state index < -0.39 is 86.7 Å². The molecule has 2 saturated carbocycles. The second kappa shape index (κ2) is 16.7. The van der Waals surface area contributed by atoms with Crippen LogP contribution in [-0.2, 0) is 41.0 Å². The summed E-state index contributed by atoms with van der Waals surface area (Å²) >= 11 is 0. The second-order valence-electron chi connectivity index (χ2n) is 15.3. The van der Waals surface area contributed by atoms with Crippen molar-refractivity contribution >= 4 is 21.8 Å². The largest absolute Gasteiger partial charge is 0.462 e. The number of ether oxygens (including phenoxy) is 2. The molecule has 3 aliphatic carbocycles. The highest BCUT2D eigenvalue weighted by atomic mass is 32.2. The fourth-order valence-corrected chi connectivity index (χ4v) is 10.7. The minimum absolute atomic E-state index is 0.0801. The Morgan fingerprint density at radius 3 is 2.17 bits per heavy atom. The molecule has 1 aromatic carbocycles. The number of benzene rings is 1. The summed E-state index contributed by atoms with van der Waals surface area (Å²) in [6.45, 7) is 4.54. The van der Waals surface area contributed by atoms with Gasteiger partial charge in [-0.2, -0.15) is 22.0 Å². The molecule has 0 unspecified atom stereocenters. The Labute approximate surface area is 306 Å². The first kappa shape index (κ1) is 42.7. The molecule has 11 nitrogen and oxygen atoms in total. The third-order valence-corrected chi connectivity index (χ3v) is 13.4. The van der Waals surface area contributed by atoms with Crippen molar-refractivity contribution in [2.45, 2.75) is 141 Å².